The van der Waals surface area contributed by atoms with Gasteiger partial charge in [0.1, 0.15) is 40.3 Å². The highest BCUT2D eigenvalue weighted by molar-refractivity contribution is 6.01. The van der Waals surface area contributed by atoms with E-state index >= 15 is 0 Å². The number of ether oxygens (including phenoxy) is 5. The van der Waals surface area contributed by atoms with E-state index in [0.717, 1.165) is 162 Å². The van der Waals surface area contributed by atoms with Gasteiger partial charge in [0.15, 0.2) is 11.6 Å². The smallest absolute Gasteiger partial charge is 0.373 e. The number of hydrogen-bond acceptors (Lipinski definition) is 21. The van der Waals surface area contributed by atoms with Crippen LogP contribution in [-0.2, 0) is 101 Å². The summed E-state index contributed by atoms with van der Waals surface area (Å²) >= 11 is 0. The number of phenols is 1. The number of carbonyl (C=O) groups is 5. The summed E-state index contributed by atoms with van der Waals surface area (Å²) in [7, 11) is 0. The van der Waals surface area contributed by atoms with E-state index in [9.17, 15) is 34.2 Å². The Balaban J connectivity index is 0.000000160. The van der Waals surface area contributed by atoms with Crippen molar-refractivity contribution in [3.63, 3.8) is 0 Å². The van der Waals surface area contributed by atoms with Crippen molar-refractivity contribution in [1.29, 1.82) is 0 Å². The number of carbonyl (C=O) groups excluding carboxylic acids is 8. The molecule has 0 bridgehead atoms. The molecule has 0 fully saturated rings. The quantitative estimate of drug-likeness (QED) is 0.0430. The molecule has 6 aliphatic carbocycles. The molecule has 22 nitrogen and oxygen atoms in total. The van der Waals surface area contributed by atoms with Gasteiger partial charge in [0, 0.05) is 59.9 Å². The van der Waals surface area contributed by atoms with Gasteiger partial charge in [0.25, 0.3) is 0 Å². The number of benzene rings is 9. The molecule has 12 aromatic rings. The number of fused-ring (bicyclic) bond motifs is 6. The maximum Gasteiger partial charge on any atom is 0.373 e. The van der Waals surface area contributed by atoms with E-state index in [4.69, 9.17) is 56.1 Å². The van der Waals surface area contributed by atoms with E-state index in [1.54, 1.807) is 6.07 Å². The molecule has 0 saturated heterocycles. The van der Waals surface area contributed by atoms with Crippen LogP contribution in [0.4, 0.5) is 0 Å². The number of aliphatic carboxylic acids is 1. The highest BCUT2D eigenvalue weighted by atomic mass is 16.5. The molecule has 18 rings (SSSR count). The second-order valence-electron chi connectivity index (χ2n) is 35.1. The topological polar surface area (TPSA) is 318 Å². The molecule has 0 spiro atoms. The van der Waals surface area contributed by atoms with Crippen LogP contribution in [0.5, 0.6) is 23.0 Å². The Morgan fingerprint density at radius 2 is 0.699 bits per heavy atom. The second kappa shape index (κ2) is 51.1. The fraction of sp³-hybridized carbons (Fsp3) is 0.386. The van der Waals surface area contributed by atoms with Gasteiger partial charge in [-0.1, -0.05) is 167 Å². The van der Waals surface area contributed by atoms with E-state index in [0.29, 0.717) is 106 Å². The molecule has 22 heteroatoms. The van der Waals surface area contributed by atoms with Gasteiger partial charge in [-0.3, -0.25) is 24.0 Å². The summed E-state index contributed by atoms with van der Waals surface area (Å²) in [6, 6.07) is 66.4. The predicted molar refractivity (Wildman–Crippen MR) is 519 cm³/mol. The second-order valence-corrected chi connectivity index (χ2v) is 35.1. The minimum absolute atomic E-state index is 0.0595. The Labute approximate surface area is 797 Å². The molecule has 0 aliphatic heterocycles. The zero-order chi connectivity index (χ0) is 97.3. The molecule has 0 saturated carbocycles. The number of hydrogen-bond donors (Lipinski definition) is 2. The molecular weight excluding hydrogens is 1720 g/mol. The van der Waals surface area contributed by atoms with Gasteiger partial charge in [-0.05, 0) is 302 Å². The maximum atomic E-state index is 12.4. The van der Waals surface area contributed by atoms with Gasteiger partial charge in [0.05, 0.1) is 67.9 Å². The maximum absolute atomic E-state index is 12.4. The molecule has 3 heterocycles. The van der Waals surface area contributed by atoms with Gasteiger partial charge in [0.2, 0.25) is 17.7 Å². The normalized spacial score (nSPS) is 15.9. The highest BCUT2D eigenvalue weighted by Gasteiger charge is 2.38. The van der Waals surface area contributed by atoms with Gasteiger partial charge in [-0.15, -0.1) is 0 Å². The molecule has 136 heavy (non-hydrogen) atoms. The van der Waals surface area contributed by atoms with Crippen LogP contribution in [0.1, 0.15) is 258 Å². The number of carboxylic acids is 1. The number of nitrogens with zero attached hydrogens (tertiary/aromatic N) is 3. The van der Waals surface area contributed by atoms with Gasteiger partial charge in [-0.25, -0.2) is 15.0 Å². The lowest BCUT2D eigenvalue weighted by molar-refractivity contribution is -0.193. The number of aryl methyl sites for hydroxylation is 11. The first kappa shape index (κ1) is 103. The number of phenolic OH excluding ortho intramolecular Hbond substituents is 1. The number of ketones is 2. The Hall–Kier alpha value is -13.7. The molecule has 9 aromatic carbocycles. The molecule has 8 atom stereocenters. The Bertz CT molecular complexity index is 5980. The van der Waals surface area contributed by atoms with Crippen LogP contribution in [0.15, 0.2) is 213 Å². The number of aromatic nitrogens is 3. The van der Waals surface area contributed by atoms with Crippen molar-refractivity contribution in [2.24, 2.45) is 23.7 Å². The predicted octanol–water partition coefficient (Wildman–Crippen LogP) is 23.7. The van der Waals surface area contributed by atoms with Crippen molar-refractivity contribution >= 4 is 41.8 Å². The van der Waals surface area contributed by atoms with Crippen LogP contribution in [-0.4, -0.2) is 100.0 Å². The third kappa shape index (κ3) is 27.3. The summed E-state index contributed by atoms with van der Waals surface area (Å²) in [5, 5.41) is 19.0. The van der Waals surface area contributed by atoms with Crippen molar-refractivity contribution in [1.82, 2.24) is 15.0 Å². The van der Waals surface area contributed by atoms with Crippen molar-refractivity contribution in [2.75, 3.05) is 33.0 Å². The van der Waals surface area contributed by atoms with E-state index < -0.39 is 5.97 Å². The summed E-state index contributed by atoms with van der Waals surface area (Å²) < 4.78 is 46.0. The first-order valence-corrected chi connectivity index (χ1v) is 47.8. The lowest BCUT2D eigenvalue weighted by Crippen LogP contribution is -2.23. The van der Waals surface area contributed by atoms with Crippen molar-refractivity contribution in [3.05, 3.63) is 312 Å². The van der Waals surface area contributed by atoms with Gasteiger partial charge < -0.3 is 47.1 Å². The highest BCUT2D eigenvalue weighted by Crippen LogP contribution is 2.46. The average molecular weight is 1840 g/mol. The zero-order valence-electron chi connectivity index (χ0n) is 80.3. The molecule has 3 aromatic heterocycles. The first-order chi connectivity index (χ1) is 65.9. The fourth-order valence-corrected chi connectivity index (χ4v) is 19.3. The standard InChI is InChI=1S/C27H31NO4.C25H27NO4.C25H29NO2.C15H20O3.2C10H10O.2CO2/c1-4-22(27(29)30-5-2)24-13-11-20-17-21(12-14-23(20)24)31-16-15-25-18(3)32-26(28-25)19-9-7-6-8-10-19;1-3-20(25(27)28)22-11-9-18-15-19(10-12-21(18)22)29-14-13-23-16(2)30-24(26-23)17-7-5-4-6-8-17;1-4-17(2)22-12-10-20-16-21(11-13-23(20)22)27-15-14-24-18(3)28-25(26-24)19-8-6-5-7-9-19;1-3-12(15(17)18-4-2)14-7-5-10-9-11(16)6-8-13(10)14;2*1-7-2-4-9-8(6-7)3-5-10(9)11;2*2-1-3/h6-10,12,14,17,22,24H,4-5,11,13,15-16H2,1-3H3;4-8,10,12,15,20,22H,3,9,11,13-14H2,1-2H3,(H,27,28);5-9,11,13,16-17,22H,4,10,12,14-15H2,1-3H3;6,8-9,12,14,16H,3-5,7H2,1-2H3;2*2,4,6H,3,5H2,1H3;;. The number of carboxylic acid groups (broad SMARTS) is 1. The fourth-order valence-electron chi connectivity index (χ4n) is 19.3. The van der Waals surface area contributed by atoms with Gasteiger partial charge in [-0.2, -0.15) is 19.2 Å². The molecule has 2 N–H and O–H groups in total. The summed E-state index contributed by atoms with van der Waals surface area (Å²) in [5.74, 6) is 8.76. The third-order valence-electron chi connectivity index (χ3n) is 26.5. The molecule has 0 radical (unpaired) electrons. The molecule has 8 unspecified atom stereocenters. The summed E-state index contributed by atoms with van der Waals surface area (Å²) in [6.07, 6.45) is 17.5. The van der Waals surface area contributed by atoms with Crippen LogP contribution in [0.3, 0.4) is 0 Å². The number of aromatic hydroxyl groups is 1. The molecule has 712 valence electrons. The van der Waals surface area contributed by atoms with E-state index in [1.807, 2.05) is 194 Å². The van der Waals surface area contributed by atoms with Crippen molar-refractivity contribution in [3.8, 4) is 57.4 Å². The minimum atomic E-state index is -0.700. The summed E-state index contributed by atoms with van der Waals surface area (Å²) in [6.45, 7) is 26.9. The van der Waals surface area contributed by atoms with Crippen molar-refractivity contribution in [2.45, 2.75) is 229 Å². The Kier molecular flexibility index (Phi) is 38.7. The van der Waals surface area contributed by atoms with Crippen LogP contribution in [0.25, 0.3) is 34.4 Å². The summed E-state index contributed by atoms with van der Waals surface area (Å²) in [4.78, 5) is 105. The first-order valence-electron chi connectivity index (χ1n) is 47.8. The lowest BCUT2D eigenvalue weighted by Gasteiger charge is -2.21. The average Bonchev–Trinajstić information content (AvgIpc) is 1.66. The van der Waals surface area contributed by atoms with E-state index in [1.165, 1.54) is 80.5 Å². The molecule has 0 amide bonds. The number of Topliss-reactive ketones (excluding diaryl/α,β-unsaturated/α-hetero) is 2. The Morgan fingerprint density at radius 1 is 0.382 bits per heavy atom. The van der Waals surface area contributed by atoms with Crippen LogP contribution >= 0.6 is 0 Å². The monoisotopic (exact) mass is 1840 g/mol. The van der Waals surface area contributed by atoms with Gasteiger partial charge >= 0.3 is 30.2 Å². The van der Waals surface area contributed by atoms with Crippen LogP contribution in [0, 0.1) is 58.3 Å². The minimum Gasteiger partial charge on any atom is -0.508 e. The van der Waals surface area contributed by atoms with Crippen LogP contribution < -0.4 is 14.2 Å². The third-order valence-corrected chi connectivity index (χ3v) is 26.5. The zero-order valence-corrected chi connectivity index (χ0v) is 80.3. The lowest BCUT2D eigenvalue weighted by atomic mass is 9.85. The summed E-state index contributed by atoms with van der Waals surface area (Å²) in [5.41, 5.74) is 22.9. The SMILES string of the molecule is CCC(C(=O)O)C1CCc2cc(OCCc3nc(-c4ccccc4)oc3C)ccc21.CCC(C)C1CCc2cc(OCCc3nc(-c4ccccc4)oc3C)ccc21.CCOC(=O)C(CC)C1CCc2cc(O)ccc21.CCOC(=O)C(CC)C1CCc2cc(OCCc3nc(-c4ccccc4)oc3C)ccc21.Cc1ccc2c(c1)CCC2=O.Cc1ccc2c(c1)CCC2=O.O=C=O.O=C=O. The number of esters is 2. The van der Waals surface area contributed by atoms with E-state index in [2.05, 4.69) is 98.1 Å². The van der Waals surface area contributed by atoms with Crippen molar-refractivity contribution < 1.29 is 90.3 Å². The Morgan fingerprint density at radius 3 is 1.02 bits per heavy atom. The largest absolute Gasteiger partial charge is 0.508 e. The van der Waals surface area contributed by atoms with E-state index in [-0.39, 0.29) is 59.7 Å². The van der Waals surface area contributed by atoms with Crippen LogP contribution in [0.2, 0.25) is 0 Å². The molecule has 6 aliphatic rings. The number of rotatable bonds is 28. The molecular formula is C114H127N3O19. The number of oxazole rings is 3.